The van der Waals surface area contributed by atoms with Crippen molar-refractivity contribution in [2.75, 3.05) is 6.54 Å². The Hall–Kier alpha value is -2.77. The molecule has 0 saturated carbocycles. The Kier molecular flexibility index (Phi) is 5.11. The number of fused-ring (bicyclic) bond motifs is 2. The van der Waals surface area contributed by atoms with E-state index in [4.69, 9.17) is 22.3 Å². The number of thioether (sulfide) groups is 1. The number of rotatable bonds is 5. The molecule has 0 unspecified atom stereocenters. The van der Waals surface area contributed by atoms with Gasteiger partial charge in [-0.1, -0.05) is 54.3 Å². The van der Waals surface area contributed by atoms with Crippen molar-refractivity contribution in [3.8, 4) is 0 Å². The molecule has 1 aromatic heterocycles. The van der Waals surface area contributed by atoms with E-state index in [1.165, 1.54) is 16.7 Å². The van der Waals surface area contributed by atoms with Gasteiger partial charge in [0.2, 0.25) is 0 Å². The molecule has 5 nitrogen and oxygen atoms in total. The third-order valence-electron chi connectivity index (χ3n) is 4.53. The molecule has 0 spiro atoms. The van der Waals surface area contributed by atoms with Gasteiger partial charge in [0.15, 0.2) is 0 Å². The lowest BCUT2D eigenvalue weighted by Crippen LogP contribution is -2.29. The zero-order chi connectivity index (χ0) is 19.7. The summed E-state index contributed by atoms with van der Waals surface area (Å²) >= 11 is 6.57. The number of benzene rings is 2. The van der Waals surface area contributed by atoms with Crippen molar-refractivity contribution in [1.29, 1.82) is 0 Å². The van der Waals surface area contributed by atoms with Gasteiger partial charge in [0.05, 0.1) is 15.9 Å². The summed E-state index contributed by atoms with van der Waals surface area (Å²) in [5.74, 6) is -1.05. The second-order valence-electron chi connectivity index (χ2n) is 6.43. The van der Waals surface area contributed by atoms with Crippen LogP contribution in [0.3, 0.4) is 0 Å². The van der Waals surface area contributed by atoms with Crippen molar-refractivity contribution in [3.63, 3.8) is 0 Å². The smallest absolute Gasteiger partial charge is 0.303 e. The second kappa shape index (κ2) is 7.69. The number of carbonyl (C=O) groups excluding carboxylic acids is 1. The summed E-state index contributed by atoms with van der Waals surface area (Å²) in [6.45, 7) is 0.316. The fraction of sp³-hybridized carbons (Fsp3) is 0.143. The maximum Gasteiger partial charge on any atom is 0.303 e. The Labute approximate surface area is 171 Å². The maximum atomic E-state index is 12.7. The number of para-hydroxylation sites is 1. The minimum Gasteiger partial charge on any atom is -0.481 e. The number of aliphatic carboxylic acids is 1. The highest BCUT2D eigenvalue weighted by Crippen LogP contribution is 2.34. The van der Waals surface area contributed by atoms with Crippen LogP contribution < -0.4 is 0 Å². The van der Waals surface area contributed by atoms with Crippen LogP contribution in [0.4, 0.5) is 0 Å². The predicted octanol–water partition coefficient (Wildman–Crippen LogP) is 4.45. The molecule has 3 aromatic rings. The summed E-state index contributed by atoms with van der Waals surface area (Å²) in [6.07, 6.45) is 2.23. The molecular weight excluding hydrogens is 392 g/mol. The van der Waals surface area contributed by atoms with Gasteiger partial charge in [0.25, 0.3) is 5.91 Å². The van der Waals surface area contributed by atoms with Gasteiger partial charge in [0, 0.05) is 23.7 Å². The topological polar surface area (TPSA) is 70.5 Å². The van der Waals surface area contributed by atoms with E-state index >= 15 is 0 Å². The highest BCUT2D eigenvalue weighted by atomic mass is 32.2. The molecule has 1 amide bonds. The SMILES string of the molecule is O=C(O)CCCN1C(=O)C(=Cc2cccc3nc4ccccc4cc23)SC1=S. The van der Waals surface area contributed by atoms with Crippen molar-refractivity contribution >= 4 is 68.1 Å². The lowest BCUT2D eigenvalue weighted by atomic mass is 10.1. The number of nitrogens with zero attached hydrogens (tertiary/aromatic N) is 2. The van der Waals surface area contributed by atoms with Gasteiger partial charge in [-0.05, 0) is 36.3 Å². The summed E-state index contributed by atoms with van der Waals surface area (Å²) in [4.78, 5) is 30.2. The lowest BCUT2D eigenvalue weighted by Gasteiger charge is -2.13. The van der Waals surface area contributed by atoms with Crippen molar-refractivity contribution in [2.45, 2.75) is 12.8 Å². The van der Waals surface area contributed by atoms with Crippen molar-refractivity contribution in [3.05, 3.63) is 59.0 Å². The number of amides is 1. The van der Waals surface area contributed by atoms with Crippen LogP contribution in [0, 0.1) is 0 Å². The number of aromatic nitrogens is 1. The third-order valence-corrected chi connectivity index (χ3v) is 5.90. The average Bonchev–Trinajstić information content (AvgIpc) is 2.94. The molecule has 0 atom stereocenters. The second-order valence-corrected chi connectivity index (χ2v) is 8.10. The molecule has 140 valence electrons. The number of carboxylic acid groups (broad SMARTS) is 1. The van der Waals surface area contributed by atoms with Crippen LogP contribution in [-0.2, 0) is 9.59 Å². The molecule has 2 heterocycles. The first-order chi connectivity index (χ1) is 13.5. The minimum atomic E-state index is -0.878. The molecule has 1 saturated heterocycles. The summed E-state index contributed by atoms with van der Waals surface area (Å²) < 4.78 is 0.463. The van der Waals surface area contributed by atoms with Gasteiger partial charge in [0.1, 0.15) is 4.32 Å². The van der Waals surface area contributed by atoms with Crippen LogP contribution in [0.15, 0.2) is 53.4 Å². The number of carboxylic acids is 1. The first-order valence-electron chi connectivity index (χ1n) is 8.78. The summed E-state index contributed by atoms with van der Waals surface area (Å²) in [6, 6.07) is 15.8. The van der Waals surface area contributed by atoms with E-state index in [1.54, 1.807) is 0 Å². The van der Waals surface area contributed by atoms with Crippen molar-refractivity contribution in [2.24, 2.45) is 0 Å². The Balaban J connectivity index is 1.68. The van der Waals surface area contributed by atoms with Crippen LogP contribution in [-0.4, -0.2) is 37.7 Å². The van der Waals surface area contributed by atoms with Crippen LogP contribution in [0.5, 0.6) is 0 Å². The minimum absolute atomic E-state index is 0.0121. The van der Waals surface area contributed by atoms with Crippen LogP contribution in [0.2, 0.25) is 0 Å². The number of carbonyl (C=O) groups is 2. The van der Waals surface area contributed by atoms with E-state index in [9.17, 15) is 9.59 Å². The van der Waals surface area contributed by atoms with Gasteiger partial charge in [-0.3, -0.25) is 14.5 Å². The highest BCUT2D eigenvalue weighted by molar-refractivity contribution is 8.26. The van der Waals surface area contributed by atoms with Gasteiger partial charge < -0.3 is 5.11 Å². The maximum absolute atomic E-state index is 12.7. The Morgan fingerprint density at radius 3 is 2.79 bits per heavy atom. The Bertz CT molecular complexity index is 1160. The number of pyridine rings is 1. The van der Waals surface area contributed by atoms with Gasteiger partial charge >= 0.3 is 5.97 Å². The first kappa shape index (κ1) is 18.6. The number of hydrogen-bond acceptors (Lipinski definition) is 5. The summed E-state index contributed by atoms with van der Waals surface area (Å²) in [7, 11) is 0. The fourth-order valence-corrected chi connectivity index (χ4v) is 4.47. The zero-order valence-electron chi connectivity index (χ0n) is 14.8. The largest absolute Gasteiger partial charge is 0.481 e. The first-order valence-corrected chi connectivity index (χ1v) is 10.0. The summed E-state index contributed by atoms with van der Waals surface area (Å²) in [5, 5.41) is 10.8. The van der Waals surface area contributed by atoms with E-state index < -0.39 is 5.97 Å². The number of thiocarbonyl (C=S) groups is 1. The Morgan fingerprint density at radius 1 is 1.18 bits per heavy atom. The fourth-order valence-electron chi connectivity index (χ4n) is 3.17. The molecular formula is C21H16N2O3S2. The molecule has 1 aliphatic heterocycles. The molecule has 1 N–H and O–H groups in total. The van der Waals surface area contributed by atoms with E-state index in [1.807, 2.05) is 48.5 Å². The monoisotopic (exact) mass is 408 g/mol. The lowest BCUT2D eigenvalue weighted by molar-refractivity contribution is -0.137. The van der Waals surface area contributed by atoms with Gasteiger partial charge in [-0.25, -0.2) is 4.98 Å². The molecule has 1 fully saturated rings. The van der Waals surface area contributed by atoms with E-state index in [0.717, 1.165) is 27.4 Å². The van der Waals surface area contributed by atoms with Crippen LogP contribution >= 0.6 is 24.0 Å². The molecule has 4 rings (SSSR count). The van der Waals surface area contributed by atoms with Crippen molar-refractivity contribution in [1.82, 2.24) is 9.88 Å². The highest BCUT2D eigenvalue weighted by Gasteiger charge is 2.31. The van der Waals surface area contributed by atoms with E-state index in [2.05, 4.69) is 6.07 Å². The standard InChI is InChI=1S/C21H16N2O3S2/c24-19(25)9-4-10-23-20(26)18(28-21(23)27)12-13-6-3-8-17-15(13)11-14-5-1-2-7-16(14)22-17/h1-3,5-8,11-12H,4,9-10H2,(H,24,25). The van der Waals surface area contributed by atoms with Crippen LogP contribution in [0.1, 0.15) is 18.4 Å². The summed E-state index contributed by atoms with van der Waals surface area (Å²) in [5.41, 5.74) is 2.70. The molecule has 7 heteroatoms. The molecule has 1 aliphatic rings. The van der Waals surface area contributed by atoms with Crippen molar-refractivity contribution < 1.29 is 14.7 Å². The van der Waals surface area contributed by atoms with Gasteiger partial charge in [-0.15, -0.1) is 0 Å². The normalized spacial score (nSPS) is 15.9. The number of hydrogen-bond donors (Lipinski definition) is 1. The van der Waals surface area contributed by atoms with E-state index in [0.29, 0.717) is 22.2 Å². The predicted molar refractivity (Wildman–Crippen MR) is 116 cm³/mol. The van der Waals surface area contributed by atoms with Gasteiger partial charge in [-0.2, -0.15) is 0 Å². The Morgan fingerprint density at radius 2 is 1.96 bits per heavy atom. The molecule has 0 bridgehead atoms. The molecule has 0 radical (unpaired) electrons. The zero-order valence-corrected chi connectivity index (χ0v) is 16.4. The molecule has 28 heavy (non-hydrogen) atoms. The molecule has 0 aliphatic carbocycles. The van der Waals surface area contributed by atoms with E-state index in [-0.39, 0.29) is 12.3 Å². The van der Waals surface area contributed by atoms with Crippen LogP contribution in [0.25, 0.3) is 27.9 Å². The third kappa shape index (κ3) is 3.63. The molecule has 2 aromatic carbocycles. The average molecular weight is 409 g/mol. The quantitative estimate of drug-likeness (QED) is 0.382.